The number of carbonyl (C=O) groups is 2. The molecule has 1 heterocycles. The summed E-state index contributed by atoms with van der Waals surface area (Å²) in [6, 6.07) is 0. The molecule has 0 bridgehead atoms. The molecule has 2 aliphatic rings. The molecule has 4 nitrogen and oxygen atoms in total. The lowest BCUT2D eigenvalue weighted by molar-refractivity contribution is -0.156. The van der Waals surface area contributed by atoms with Crippen molar-refractivity contribution < 1.29 is 19.1 Å². The van der Waals surface area contributed by atoms with E-state index in [0.29, 0.717) is 18.6 Å². The van der Waals surface area contributed by atoms with Gasteiger partial charge in [-0.25, -0.2) is 4.79 Å². The Morgan fingerprint density at radius 2 is 1.82 bits per heavy atom. The molecular weight excluding hydrogens is 280 g/mol. The Balaban J connectivity index is 1.57. The van der Waals surface area contributed by atoms with Crippen LogP contribution in [0.3, 0.4) is 0 Å². The summed E-state index contributed by atoms with van der Waals surface area (Å²) >= 11 is 0. The Bertz CT molecular complexity index is 396. The number of ether oxygens (including phenoxy) is 2. The van der Waals surface area contributed by atoms with E-state index in [1.54, 1.807) is 0 Å². The van der Waals surface area contributed by atoms with Crippen LogP contribution in [0.4, 0.5) is 0 Å². The van der Waals surface area contributed by atoms with E-state index >= 15 is 0 Å². The molecule has 126 valence electrons. The molecule has 0 amide bonds. The molecule has 0 spiro atoms. The van der Waals surface area contributed by atoms with E-state index in [-0.39, 0.29) is 17.3 Å². The summed E-state index contributed by atoms with van der Waals surface area (Å²) in [5.41, 5.74) is 0.0542. The SMILES string of the molecule is CC(CCOC(=O)C(=O)C1CCCCC1)CCC1OC1(C)C. The van der Waals surface area contributed by atoms with Gasteiger partial charge in [-0.3, -0.25) is 4.79 Å². The maximum atomic E-state index is 12.0. The van der Waals surface area contributed by atoms with Crippen LogP contribution in [0.1, 0.15) is 72.1 Å². The Morgan fingerprint density at radius 3 is 2.41 bits per heavy atom. The third-order valence-corrected chi connectivity index (χ3v) is 5.11. The number of rotatable bonds is 8. The number of ketones is 1. The first-order valence-corrected chi connectivity index (χ1v) is 8.79. The molecular formula is C18H30O4. The van der Waals surface area contributed by atoms with Gasteiger partial charge in [-0.1, -0.05) is 26.2 Å². The Kier molecular flexibility index (Phi) is 6.01. The maximum absolute atomic E-state index is 12.0. The fourth-order valence-electron chi connectivity index (χ4n) is 3.27. The van der Waals surface area contributed by atoms with Gasteiger partial charge in [0, 0.05) is 5.92 Å². The number of hydrogen-bond acceptors (Lipinski definition) is 4. The average molecular weight is 310 g/mol. The molecule has 1 saturated heterocycles. The van der Waals surface area contributed by atoms with Gasteiger partial charge in [-0.15, -0.1) is 0 Å². The summed E-state index contributed by atoms with van der Waals surface area (Å²) in [4.78, 5) is 23.8. The highest BCUT2D eigenvalue weighted by Gasteiger charge is 2.46. The van der Waals surface area contributed by atoms with E-state index in [9.17, 15) is 9.59 Å². The monoisotopic (exact) mass is 310 g/mol. The zero-order valence-electron chi connectivity index (χ0n) is 14.2. The van der Waals surface area contributed by atoms with Crippen LogP contribution in [-0.4, -0.2) is 30.1 Å². The Labute approximate surface area is 133 Å². The fraction of sp³-hybridized carbons (Fsp3) is 0.889. The van der Waals surface area contributed by atoms with Crippen LogP contribution >= 0.6 is 0 Å². The summed E-state index contributed by atoms with van der Waals surface area (Å²) in [6.07, 6.45) is 8.31. The molecule has 2 fully saturated rings. The second-order valence-electron chi connectivity index (χ2n) is 7.52. The smallest absolute Gasteiger partial charge is 0.374 e. The summed E-state index contributed by atoms with van der Waals surface area (Å²) in [5.74, 6) is -0.531. The van der Waals surface area contributed by atoms with E-state index in [1.807, 2.05) is 0 Å². The van der Waals surface area contributed by atoms with Gasteiger partial charge >= 0.3 is 5.97 Å². The standard InChI is InChI=1S/C18H30O4/c1-13(9-10-15-18(2,3)22-15)11-12-21-17(20)16(19)14-7-5-4-6-8-14/h13-15H,4-12H2,1-3H3. The predicted octanol–water partition coefficient (Wildman–Crippen LogP) is 3.66. The first kappa shape index (κ1) is 17.5. The van der Waals surface area contributed by atoms with Crippen molar-refractivity contribution in [2.75, 3.05) is 6.61 Å². The van der Waals surface area contributed by atoms with Crippen molar-refractivity contribution in [1.82, 2.24) is 0 Å². The number of esters is 1. The van der Waals surface area contributed by atoms with Crippen LogP contribution in [0.15, 0.2) is 0 Å². The van der Waals surface area contributed by atoms with Crippen molar-refractivity contribution in [2.45, 2.75) is 83.8 Å². The molecule has 0 aromatic heterocycles. The van der Waals surface area contributed by atoms with Gasteiger partial charge in [0.05, 0.1) is 18.3 Å². The molecule has 0 N–H and O–H groups in total. The number of carbonyl (C=O) groups excluding carboxylic acids is 2. The van der Waals surface area contributed by atoms with Gasteiger partial charge in [0.1, 0.15) is 0 Å². The summed E-state index contributed by atoms with van der Waals surface area (Å²) in [6.45, 7) is 6.74. The van der Waals surface area contributed by atoms with E-state index < -0.39 is 5.97 Å². The molecule has 1 aliphatic carbocycles. The second-order valence-corrected chi connectivity index (χ2v) is 7.52. The van der Waals surface area contributed by atoms with Gasteiger partial charge in [0.25, 0.3) is 0 Å². The topological polar surface area (TPSA) is 55.9 Å². The van der Waals surface area contributed by atoms with Crippen molar-refractivity contribution in [3.05, 3.63) is 0 Å². The maximum Gasteiger partial charge on any atom is 0.374 e. The molecule has 2 atom stereocenters. The first-order valence-electron chi connectivity index (χ1n) is 8.79. The third kappa shape index (κ3) is 5.08. The molecule has 2 rings (SSSR count). The van der Waals surface area contributed by atoms with Crippen LogP contribution in [0.2, 0.25) is 0 Å². The van der Waals surface area contributed by atoms with Crippen molar-refractivity contribution >= 4 is 11.8 Å². The zero-order valence-corrected chi connectivity index (χ0v) is 14.2. The highest BCUT2D eigenvalue weighted by molar-refractivity contribution is 6.34. The number of hydrogen-bond donors (Lipinski definition) is 0. The molecule has 2 unspecified atom stereocenters. The first-order chi connectivity index (χ1) is 10.4. The summed E-state index contributed by atoms with van der Waals surface area (Å²) < 4.78 is 10.7. The number of epoxide rings is 1. The summed E-state index contributed by atoms with van der Waals surface area (Å²) in [7, 11) is 0. The van der Waals surface area contributed by atoms with E-state index in [1.165, 1.54) is 6.42 Å². The van der Waals surface area contributed by atoms with E-state index in [2.05, 4.69) is 20.8 Å². The lowest BCUT2D eigenvalue weighted by Crippen LogP contribution is -2.28. The largest absolute Gasteiger partial charge is 0.460 e. The second kappa shape index (κ2) is 7.58. The molecule has 0 aromatic rings. The molecule has 1 saturated carbocycles. The van der Waals surface area contributed by atoms with Crippen LogP contribution in [-0.2, 0) is 19.1 Å². The van der Waals surface area contributed by atoms with Crippen molar-refractivity contribution in [3.8, 4) is 0 Å². The van der Waals surface area contributed by atoms with Crippen LogP contribution in [0, 0.1) is 11.8 Å². The van der Waals surface area contributed by atoms with Gasteiger partial charge in [0.15, 0.2) is 0 Å². The Morgan fingerprint density at radius 1 is 1.18 bits per heavy atom. The van der Waals surface area contributed by atoms with Crippen LogP contribution < -0.4 is 0 Å². The van der Waals surface area contributed by atoms with E-state index in [4.69, 9.17) is 9.47 Å². The third-order valence-electron chi connectivity index (χ3n) is 5.11. The predicted molar refractivity (Wildman–Crippen MR) is 84.5 cm³/mol. The zero-order chi connectivity index (χ0) is 16.2. The highest BCUT2D eigenvalue weighted by atomic mass is 16.6. The fourth-order valence-corrected chi connectivity index (χ4v) is 3.27. The van der Waals surface area contributed by atoms with Gasteiger partial charge < -0.3 is 9.47 Å². The molecule has 0 radical (unpaired) electrons. The van der Waals surface area contributed by atoms with Crippen LogP contribution in [0.5, 0.6) is 0 Å². The van der Waals surface area contributed by atoms with Gasteiger partial charge in [-0.05, 0) is 51.9 Å². The molecule has 0 aromatic carbocycles. The minimum Gasteiger partial charge on any atom is -0.460 e. The van der Waals surface area contributed by atoms with Gasteiger partial charge in [-0.2, -0.15) is 0 Å². The van der Waals surface area contributed by atoms with Crippen molar-refractivity contribution in [1.29, 1.82) is 0 Å². The van der Waals surface area contributed by atoms with Crippen molar-refractivity contribution in [2.24, 2.45) is 11.8 Å². The van der Waals surface area contributed by atoms with E-state index in [0.717, 1.165) is 44.9 Å². The minimum atomic E-state index is -0.620. The van der Waals surface area contributed by atoms with Crippen molar-refractivity contribution in [3.63, 3.8) is 0 Å². The quantitative estimate of drug-likeness (QED) is 0.390. The number of Topliss-reactive ketones (excluding diaryl/α,β-unsaturated/α-hetero) is 1. The lowest BCUT2D eigenvalue weighted by atomic mass is 9.86. The van der Waals surface area contributed by atoms with Gasteiger partial charge in [0.2, 0.25) is 5.78 Å². The minimum absolute atomic E-state index is 0.0542. The normalized spacial score (nSPS) is 25.5. The Hall–Kier alpha value is -0.900. The molecule has 22 heavy (non-hydrogen) atoms. The highest BCUT2D eigenvalue weighted by Crippen LogP contribution is 2.39. The molecule has 1 aliphatic heterocycles. The van der Waals surface area contributed by atoms with Crippen LogP contribution in [0.25, 0.3) is 0 Å². The molecule has 4 heteroatoms. The average Bonchev–Trinajstić information content (AvgIpc) is 3.12. The summed E-state index contributed by atoms with van der Waals surface area (Å²) in [5, 5.41) is 0. The lowest BCUT2D eigenvalue weighted by Gasteiger charge is -2.19.